The quantitative estimate of drug-likeness (QED) is 0.829. The van der Waals surface area contributed by atoms with Crippen molar-refractivity contribution in [2.45, 2.75) is 39.7 Å². The summed E-state index contributed by atoms with van der Waals surface area (Å²) in [5.74, 6) is -0.460. The van der Waals surface area contributed by atoms with Gasteiger partial charge in [0.1, 0.15) is 11.4 Å². The molecule has 0 saturated heterocycles. The van der Waals surface area contributed by atoms with Crippen LogP contribution in [0, 0.1) is 0 Å². The first-order valence-electron chi connectivity index (χ1n) is 8.59. The van der Waals surface area contributed by atoms with Crippen LogP contribution in [-0.2, 0) is 29.0 Å². The Labute approximate surface area is 149 Å². The van der Waals surface area contributed by atoms with Gasteiger partial charge in [-0.2, -0.15) is 0 Å². The van der Waals surface area contributed by atoms with Crippen molar-refractivity contribution in [3.05, 3.63) is 27.1 Å². The van der Waals surface area contributed by atoms with Crippen LogP contribution in [0.4, 0.5) is 0 Å². The Morgan fingerprint density at radius 2 is 2.16 bits per heavy atom. The summed E-state index contributed by atoms with van der Waals surface area (Å²) >= 11 is 1.58. The number of nitrogens with one attached hydrogen (secondary N) is 1. The number of thiophene rings is 1. The van der Waals surface area contributed by atoms with E-state index in [1.165, 1.54) is 20.7 Å². The van der Waals surface area contributed by atoms with Crippen LogP contribution in [0.3, 0.4) is 0 Å². The minimum absolute atomic E-state index is 0.00143. The summed E-state index contributed by atoms with van der Waals surface area (Å²) in [5, 5.41) is 3.34. The van der Waals surface area contributed by atoms with Gasteiger partial charge in [0, 0.05) is 18.0 Å². The maximum Gasteiger partial charge on any atom is 0.262 e. The Bertz CT molecular complexity index is 871. The van der Waals surface area contributed by atoms with Crippen molar-refractivity contribution in [3.8, 4) is 0 Å². The Balaban J connectivity index is 1.82. The van der Waals surface area contributed by atoms with Crippen LogP contribution in [0.5, 0.6) is 0 Å². The molecule has 0 saturated carbocycles. The van der Waals surface area contributed by atoms with Crippen molar-refractivity contribution in [3.63, 3.8) is 0 Å². The van der Waals surface area contributed by atoms with Crippen molar-refractivity contribution in [2.24, 2.45) is 0 Å². The molecular formula is C17H22N4O3S. The average Bonchev–Trinajstić information content (AvgIpc) is 3.16. The highest BCUT2D eigenvalue weighted by Gasteiger charge is 2.22. The molecule has 0 aliphatic heterocycles. The predicted molar refractivity (Wildman–Crippen MR) is 96.8 cm³/mol. The molecule has 2 aromatic rings. The van der Waals surface area contributed by atoms with Crippen molar-refractivity contribution in [1.29, 1.82) is 0 Å². The number of rotatable bonds is 6. The van der Waals surface area contributed by atoms with E-state index in [2.05, 4.69) is 10.3 Å². The summed E-state index contributed by atoms with van der Waals surface area (Å²) in [4.78, 5) is 44.8. The number of likely N-dealkylation sites (N-methyl/N-ethyl adjacent to an activating group) is 2. The molecule has 1 aliphatic carbocycles. The molecule has 2 aromatic heterocycles. The molecule has 8 heteroatoms. The first kappa shape index (κ1) is 17.6. The lowest BCUT2D eigenvalue weighted by atomic mass is 10.2. The van der Waals surface area contributed by atoms with E-state index in [-0.39, 0.29) is 30.5 Å². The van der Waals surface area contributed by atoms with Crippen LogP contribution in [-0.4, -0.2) is 45.9 Å². The van der Waals surface area contributed by atoms with Gasteiger partial charge in [-0.1, -0.05) is 0 Å². The minimum Gasteiger partial charge on any atom is -0.355 e. The number of hydrogen-bond donors (Lipinski definition) is 1. The molecule has 0 atom stereocenters. The van der Waals surface area contributed by atoms with E-state index in [4.69, 9.17) is 0 Å². The maximum atomic E-state index is 12.8. The Hall–Kier alpha value is -2.22. The third-order valence-corrected chi connectivity index (χ3v) is 5.64. The van der Waals surface area contributed by atoms with Crippen LogP contribution < -0.4 is 10.9 Å². The summed E-state index contributed by atoms with van der Waals surface area (Å²) < 4.78 is 1.36. The Morgan fingerprint density at radius 1 is 1.36 bits per heavy atom. The number of carbonyl (C=O) groups excluding carboxylic acids is 2. The number of nitrogens with zero attached hydrogens (tertiary/aromatic N) is 3. The standard InChI is InChI=1S/C17H22N4O3S/c1-3-18-13(22)8-20(4-2)14(23)9-21-10-19-16-15(17(21)24)11-6-5-7-12(11)25-16/h10H,3-9H2,1-2H3,(H,18,22). The average molecular weight is 362 g/mol. The van der Waals surface area contributed by atoms with E-state index < -0.39 is 0 Å². The predicted octanol–water partition coefficient (Wildman–Crippen LogP) is 0.931. The normalized spacial score (nSPS) is 13.0. The van der Waals surface area contributed by atoms with Crippen LogP contribution in [0.25, 0.3) is 10.2 Å². The molecule has 0 radical (unpaired) electrons. The highest BCUT2D eigenvalue weighted by Crippen LogP contribution is 2.34. The number of aryl methyl sites for hydroxylation is 2. The van der Waals surface area contributed by atoms with Crippen LogP contribution >= 0.6 is 11.3 Å². The first-order chi connectivity index (χ1) is 12.0. The third kappa shape index (κ3) is 3.44. The monoisotopic (exact) mass is 362 g/mol. The maximum absolute atomic E-state index is 12.8. The minimum atomic E-state index is -0.260. The number of hydrogen-bond acceptors (Lipinski definition) is 5. The number of fused-ring (bicyclic) bond motifs is 3. The molecule has 3 rings (SSSR count). The van der Waals surface area contributed by atoms with Crippen LogP contribution in [0.1, 0.15) is 30.7 Å². The molecule has 0 aromatic carbocycles. The van der Waals surface area contributed by atoms with Gasteiger partial charge >= 0.3 is 0 Å². The molecule has 1 N–H and O–H groups in total. The van der Waals surface area contributed by atoms with Gasteiger partial charge in [-0.15, -0.1) is 11.3 Å². The van der Waals surface area contributed by atoms with Gasteiger partial charge in [0.05, 0.1) is 18.3 Å². The molecule has 0 spiro atoms. The zero-order valence-electron chi connectivity index (χ0n) is 14.5. The highest BCUT2D eigenvalue weighted by atomic mass is 32.1. The zero-order valence-corrected chi connectivity index (χ0v) is 15.3. The smallest absolute Gasteiger partial charge is 0.262 e. The van der Waals surface area contributed by atoms with Crippen molar-refractivity contribution in [2.75, 3.05) is 19.6 Å². The summed E-state index contributed by atoms with van der Waals surface area (Å²) in [6.45, 7) is 4.48. The van der Waals surface area contributed by atoms with Gasteiger partial charge in [0.15, 0.2) is 0 Å². The third-order valence-electron chi connectivity index (χ3n) is 4.44. The van der Waals surface area contributed by atoms with Crippen LogP contribution in [0.15, 0.2) is 11.1 Å². The highest BCUT2D eigenvalue weighted by molar-refractivity contribution is 7.18. The number of amides is 2. The number of carbonyl (C=O) groups is 2. The van der Waals surface area contributed by atoms with Crippen molar-refractivity contribution >= 4 is 33.4 Å². The summed E-state index contributed by atoms with van der Waals surface area (Å²) in [6, 6.07) is 0. The van der Waals surface area contributed by atoms with Gasteiger partial charge < -0.3 is 10.2 Å². The number of aromatic nitrogens is 2. The topological polar surface area (TPSA) is 84.3 Å². The molecule has 25 heavy (non-hydrogen) atoms. The largest absolute Gasteiger partial charge is 0.355 e. The summed E-state index contributed by atoms with van der Waals surface area (Å²) in [5.41, 5.74) is 0.945. The van der Waals surface area contributed by atoms with Gasteiger partial charge in [-0.05, 0) is 38.7 Å². The van der Waals surface area contributed by atoms with Gasteiger partial charge in [-0.3, -0.25) is 19.0 Å². The second-order valence-corrected chi connectivity index (χ2v) is 7.16. The Morgan fingerprint density at radius 3 is 2.88 bits per heavy atom. The lowest BCUT2D eigenvalue weighted by Crippen LogP contribution is -2.43. The van der Waals surface area contributed by atoms with E-state index in [1.54, 1.807) is 11.3 Å². The lowest BCUT2D eigenvalue weighted by molar-refractivity contribution is -0.136. The summed E-state index contributed by atoms with van der Waals surface area (Å²) in [7, 11) is 0. The molecule has 0 unspecified atom stereocenters. The molecule has 134 valence electrons. The molecular weight excluding hydrogens is 340 g/mol. The Kier molecular flexibility index (Phi) is 5.17. The SMILES string of the molecule is CCNC(=O)CN(CC)C(=O)Cn1cnc2sc3c(c2c1=O)CCC3. The van der Waals surface area contributed by atoms with E-state index in [0.717, 1.165) is 29.7 Å². The molecule has 1 aliphatic rings. The molecule has 2 amide bonds. The second kappa shape index (κ2) is 7.35. The second-order valence-electron chi connectivity index (χ2n) is 6.08. The van der Waals surface area contributed by atoms with Gasteiger partial charge in [0.25, 0.3) is 5.56 Å². The van der Waals surface area contributed by atoms with E-state index in [9.17, 15) is 14.4 Å². The van der Waals surface area contributed by atoms with Gasteiger partial charge in [0.2, 0.25) is 11.8 Å². The fourth-order valence-corrected chi connectivity index (χ4v) is 4.40. The molecule has 0 bridgehead atoms. The summed E-state index contributed by atoms with van der Waals surface area (Å²) in [6.07, 6.45) is 4.42. The van der Waals surface area contributed by atoms with E-state index in [1.807, 2.05) is 13.8 Å². The van der Waals surface area contributed by atoms with E-state index >= 15 is 0 Å². The molecule has 2 heterocycles. The van der Waals surface area contributed by atoms with Gasteiger partial charge in [-0.25, -0.2) is 4.98 Å². The fourth-order valence-electron chi connectivity index (χ4n) is 3.18. The van der Waals surface area contributed by atoms with Crippen molar-refractivity contribution in [1.82, 2.24) is 19.8 Å². The zero-order chi connectivity index (χ0) is 18.0. The molecule has 0 fully saturated rings. The van der Waals surface area contributed by atoms with Crippen LogP contribution in [0.2, 0.25) is 0 Å². The first-order valence-corrected chi connectivity index (χ1v) is 9.40. The van der Waals surface area contributed by atoms with Crippen molar-refractivity contribution < 1.29 is 9.59 Å². The van der Waals surface area contributed by atoms with E-state index in [0.29, 0.717) is 18.5 Å². The lowest BCUT2D eigenvalue weighted by Gasteiger charge is -2.20. The molecule has 7 nitrogen and oxygen atoms in total. The fraction of sp³-hybridized carbons (Fsp3) is 0.529.